The maximum Gasteiger partial charge on any atom is 0.254 e. The summed E-state index contributed by atoms with van der Waals surface area (Å²) in [6.07, 6.45) is 4.73. The number of nitrogens with one attached hydrogen (secondary N) is 1. The topological polar surface area (TPSA) is 74.8 Å². The molecule has 1 aromatic carbocycles. The molecule has 0 radical (unpaired) electrons. The minimum absolute atomic E-state index is 0.0424. The van der Waals surface area contributed by atoms with Gasteiger partial charge in [-0.05, 0) is 51.3 Å². The van der Waals surface area contributed by atoms with Crippen LogP contribution in [-0.4, -0.2) is 37.3 Å². The summed E-state index contributed by atoms with van der Waals surface area (Å²) >= 11 is 0. The van der Waals surface area contributed by atoms with Gasteiger partial charge in [0.1, 0.15) is 5.69 Å². The van der Waals surface area contributed by atoms with E-state index in [9.17, 15) is 4.79 Å². The molecule has 0 saturated carbocycles. The molecule has 1 N–H and O–H groups in total. The van der Waals surface area contributed by atoms with Crippen LogP contribution in [0.25, 0.3) is 11.5 Å². The highest BCUT2D eigenvalue weighted by molar-refractivity contribution is 5.94. The number of aromatic nitrogens is 4. The fourth-order valence-electron chi connectivity index (χ4n) is 3.59. The molecule has 6 nitrogen and oxygen atoms in total. The van der Waals surface area contributed by atoms with E-state index in [0.717, 1.165) is 48.7 Å². The van der Waals surface area contributed by atoms with E-state index in [2.05, 4.69) is 15.0 Å². The minimum Gasteiger partial charge on any atom is -0.341 e. The van der Waals surface area contributed by atoms with Gasteiger partial charge in [-0.15, -0.1) is 0 Å². The number of likely N-dealkylation sites (tertiary alicyclic amines) is 1. The van der Waals surface area contributed by atoms with Crippen LogP contribution in [0, 0.1) is 13.8 Å². The maximum atomic E-state index is 13.1. The van der Waals surface area contributed by atoms with Crippen molar-refractivity contribution in [1.29, 1.82) is 0 Å². The van der Waals surface area contributed by atoms with E-state index >= 15 is 0 Å². The Morgan fingerprint density at radius 3 is 2.70 bits per heavy atom. The van der Waals surface area contributed by atoms with E-state index in [1.54, 1.807) is 6.20 Å². The maximum absolute atomic E-state index is 13.1. The van der Waals surface area contributed by atoms with Crippen molar-refractivity contribution in [2.75, 3.05) is 6.54 Å². The molecule has 1 aliphatic rings. The number of nitrogens with zero attached hydrogens (tertiary/aromatic N) is 4. The predicted octanol–water partition coefficient (Wildman–Crippen LogP) is 3.85. The number of carbonyl (C=O) groups excluding carboxylic acids is 1. The summed E-state index contributed by atoms with van der Waals surface area (Å²) in [6, 6.07) is 11.3. The third-order valence-corrected chi connectivity index (χ3v) is 4.90. The Morgan fingerprint density at radius 2 is 1.96 bits per heavy atom. The number of aryl methyl sites for hydroxylation is 2. The molecule has 0 bridgehead atoms. The lowest BCUT2D eigenvalue weighted by molar-refractivity contribution is 0.0599. The first-order valence-corrected chi connectivity index (χ1v) is 9.35. The molecular weight excluding hydrogens is 338 g/mol. The summed E-state index contributed by atoms with van der Waals surface area (Å²) in [5, 5.41) is 0. The molecule has 4 rings (SSSR count). The van der Waals surface area contributed by atoms with Gasteiger partial charge in [0.25, 0.3) is 5.91 Å². The molecule has 138 valence electrons. The van der Waals surface area contributed by atoms with E-state index in [0.29, 0.717) is 11.4 Å². The molecule has 1 amide bonds. The fourth-order valence-corrected chi connectivity index (χ4v) is 3.59. The summed E-state index contributed by atoms with van der Waals surface area (Å²) in [6.45, 7) is 4.65. The lowest BCUT2D eigenvalue weighted by Gasteiger charge is -2.35. The van der Waals surface area contributed by atoms with Crippen LogP contribution in [0.5, 0.6) is 0 Å². The van der Waals surface area contributed by atoms with Crippen molar-refractivity contribution in [3.63, 3.8) is 0 Å². The highest BCUT2D eigenvalue weighted by atomic mass is 16.2. The van der Waals surface area contributed by atoms with Gasteiger partial charge in [-0.25, -0.2) is 15.0 Å². The van der Waals surface area contributed by atoms with Gasteiger partial charge in [0, 0.05) is 29.7 Å². The van der Waals surface area contributed by atoms with Crippen LogP contribution in [-0.2, 0) is 0 Å². The van der Waals surface area contributed by atoms with E-state index in [1.807, 2.05) is 55.1 Å². The number of H-pyrrole nitrogens is 1. The summed E-state index contributed by atoms with van der Waals surface area (Å²) in [4.78, 5) is 32.1. The number of carbonyl (C=O) groups is 1. The molecule has 1 aliphatic heterocycles. The third-order valence-electron chi connectivity index (χ3n) is 4.90. The number of rotatable bonds is 3. The van der Waals surface area contributed by atoms with Crippen LogP contribution in [0.15, 0.2) is 42.6 Å². The SMILES string of the molecule is Cc1cc(-c2ncc(C)[nH]2)nc(C2CCCCN2C(=O)c2ccccc2)n1. The Hall–Kier alpha value is -3.02. The quantitative estimate of drug-likeness (QED) is 0.769. The monoisotopic (exact) mass is 361 g/mol. The lowest BCUT2D eigenvalue weighted by Crippen LogP contribution is -2.39. The predicted molar refractivity (Wildman–Crippen MR) is 103 cm³/mol. The van der Waals surface area contributed by atoms with E-state index in [4.69, 9.17) is 4.98 Å². The Morgan fingerprint density at radius 1 is 1.15 bits per heavy atom. The van der Waals surface area contributed by atoms with E-state index in [1.165, 1.54) is 0 Å². The van der Waals surface area contributed by atoms with Crippen molar-refractivity contribution in [3.8, 4) is 11.5 Å². The van der Waals surface area contributed by atoms with Gasteiger partial charge >= 0.3 is 0 Å². The molecule has 2 aromatic heterocycles. The van der Waals surface area contributed by atoms with Gasteiger partial charge in [-0.2, -0.15) is 0 Å². The zero-order valence-corrected chi connectivity index (χ0v) is 15.6. The fraction of sp³-hybridized carbons (Fsp3) is 0.333. The van der Waals surface area contributed by atoms with Crippen molar-refractivity contribution in [1.82, 2.24) is 24.8 Å². The van der Waals surface area contributed by atoms with Crippen molar-refractivity contribution in [2.45, 2.75) is 39.2 Å². The standard InChI is InChI=1S/C21H23N5O/c1-14-12-17(19-22-13-15(2)24-19)25-20(23-14)18-10-6-7-11-26(18)21(27)16-8-4-3-5-9-16/h3-5,8-9,12-13,18H,6-7,10-11H2,1-2H3,(H,22,24). The van der Waals surface area contributed by atoms with Gasteiger partial charge in [0.05, 0.1) is 6.04 Å². The van der Waals surface area contributed by atoms with Gasteiger partial charge in [0.2, 0.25) is 0 Å². The Balaban J connectivity index is 1.70. The van der Waals surface area contributed by atoms with Crippen LogP contribution >= 0.6 is 0 Å². The van der Waals surface area contributed by atoms with Crippen LogP contribution in [0.1, 0.15) is 52.9 Å². The molecule has 0 aliphatic carbocycles. The molecule has 27 heavy (non-hydrogen) atoms. The Kier molecular flexibility index (Phi) is 4.71. The molecule has 0 spiro atoms. The second-order valence-corrected chi connectivity index (χ2v) is 7.04. The van der Waals surface area contributed by atoms with Crippen LogP contribution in [0.2, 0.25) is 0 Å². The van der Waals surface area contributed by atoms with E-state index < -0.39 is 0 Å². The average molecular weight is 361 g/mol. The van der Waals surface area contributed by atoms with Crippen molar-refractivity contribution in [2.24, 2.45) is 0 Å². The first kappa shape index (κ1) is 17.4. The molecule has 1 saturated heterocycles. The lowest BCUT2D eigenvalue weighted by atomic mass is 9.99. The number of amides is 1. The largest absolute Gasteiger partial charge is 0.341 e. The zero-order valence-electron chi connectivity index (χ0n) is 15.6. The highest BCUT2D eigenvalue weighted by Crippen LogP contribution is 2.31. The van der Waals surface area contributed by atoms with Gasteiger partial charge in [-0.3, -0.25) is 4.79 Å². The third kappa shape index (κ3) is 3.60. The summed E-state index contributed by atoms with van der Waals surface area (Å²) in [7, 11) is 0. The first-order chi connectivity index (χ1) is 13.1. The van der Waals surface area contributed by atoms with E-state index in [-0.39, 0.29) is 11.9 Å². The van der Waals surface area contributed by atoms with Crippen molar-refractivity contribution < 1.29 is 4.79 Å². The normalized spacial score (nSPS) is 17.1. The number of hydrogen-bond donors (Lipinski definition) is 1. The Labute approximate surface area is 158 Å². The minimum atomic E-state index is -0.110. The van der Waals surface area contributed by atoms with Crippen LogP contribution in [0.4, 0.5) is 0 Å². The number of imidazole rings is 1. The smallest absolute Gasteiger partial charge is 0.254 e. The number of piperidine rings is 1. The molecule has 1 fully saturated rings. The molecule has 3 heterocycles. The van der Waals surface area contributed by atoms with Crippen molar-refractivity contribution >= 4 is 5.91 Å². The number of aromatic amines is 1. The summed E-state index contributed by atoms with van der Waals surface area (Å²) in [5.74, 6) is 1.47. The molecule has 6 heteroatoms. The summed E-state index contributed by atoms with van der Waals surface area (Å²) < 4.78 is 0. The number of hydrogen-bond acceptors (Lipinski definition) is 4. The van der Waals surface area contributed by atoms with Gasteiger partial charge in [-0.1, -0.05) is 18.2 Å². The highest BCUT2D eigenvalue weighted by Gasteiger charge is 2.31. The van der Waals surface area contributed by atoms with Gasteiger partial charge < -0.3 is 9.88 Å². The molecule has 1 unspecified atom stereocenters. The molecular formula is C21H23N5O. The molecule has 1 atom stereocenters. The number of benzene rings is 1. The van der Waals surface area contributed by atoms with Crippen LogP contribution in [0.3, 0.4) is 0 Å². The average Bonchev–Trinajstić information content (AvgIpc) is 3.14. The second-order valence-electron chi connectivity index (χ2n) is 7.04. The second kappa shape index (κ2) is 7.31. The zero-order chi connectivity index (χ0) is 18.8. The van der Waals surface area contributed by atoms with Gasteiger partial charge in [0.15, 0.2) is 11.6 Å². The first-order valence-electron chi connectivity index (χ1n) is 9.35. The van der Waals surface area contributed by atoms with Crippen LogP contribution < -0.4 is 0 Å². The Bertz CT molecular complexity index is 950. The summed E-state index contributed by atoms with van der Waals surface area (Å²) in [5.41, 5.74) is 3.34. The van der Waals surface area contributed by atoms with Crippen molar-refractivity contribution in [3.05, 3.63) is 65.4 Å². The molecule has 3 aromatic rings.